The van der Waals surface area contributed by atoms with Gasteiger partial charge in [-0.05, 0) is 54.4 Å². The Balaban J connectivity index is 1.69. The number of benzene rings is 2. The van der Waals surface area contributed by atoms with Gasteiger partial charge in [0.05, 0.1) is 24.3 Å². The van der Waals surface area contributed by atoms with Crippen molar-refractivity contribution in [2.75, 3.05) is 11.5 Å². The first-order valence-electron chi connectivity index (χ1n) is 9.60. The minimum atomic E-state index is -0.325. The Bertz CT molecular complexity index is 1150. The van der Waals surface area contributed by atoms with Crippen molar-refractivity contribution in [3.8, 4) is 5.75 Å². The number of rotatable bonds is 7. The molecule has 0 bridgehead atoms. The number of anilines is 1. The molecule has 0 radical (unpaired) electrons. The summed E-state index contributed by atoms with van der Waals surface area (Å²) in [5, 5.41) is 0.598. The van der Waals surface area contributed by atoms with Crippen LogP contribution in [0, 0.1) is 5.82 Å². The lowest BCUT2D eigenvalue weighted by Crippen LogP contribution is -2.31. The van der Waals surface area contributed by atoms with Crippen LogP contribution in [0.1, 0.15) is 18.1 Å². The van der Waals surface area contributed by atoms with E-state index < -0.39 is 0 Å². The van der Waals surface area contributed by atoms with Crippen LogP contribution in [-0.2, 0) is 17.8 Å². The number of amides is 1. The van der Waals surface area contributed by atoms with E-state index in [2.05, 4.69) is 4.98 Å². The minimum Gasteiger partial charge on any atom is -0.492 e. The monoisotopic (exact) mass is 421 g/mol. The molecule has 0 saturated carbocycles. The van der Waals surface area contributed by atoms with E-state index in [0.29, 0.717) is 24.0 Å². The molecule has 0 aliphatic carbocycles. The maximum absolute atomic E-state index is 13.2. The molecule has 7 heteroatoms. The van der Waals surface area contributed by atoms with Gasteiger partial charge in [0.2, 0.25) is 5.91 Å². The molecular formula is C23H20FN3O2S. The lowest BCUT2D eigenvalue weighted by molar-refractivity contribution is -0.118. The second-order valence-corrected chi connectivity index (χ2v) is 7.68. The molecule has 5 nitrogen and oxygen atoms in total. The highest BCUT2D eigenvalue weighted by molar-refractivity contribution is 7.22. The molecule has 4 aromatic rings. The van der Waals surface area contributed by atoms with Crippen LogP contribution in [0.25, 0.3) is 10.2 Å². The van der Waals surface area contributed by atoms with Crippen LogP contribution in [0.4, 0.5) is 9.52 Å². The van der Waals surface area contributed by atoms with Gasteiger partial charge in [0, 0.05) is 12.4 Å². The SMILES string of the molecule is CCOc1cccc2sc(N(Cc3ccncc3)C(=O)Cc3ccc(F)cc3)nc12. The van der Waals surface area contributed by atoms with Crippen LogP contribution in [-0.4, -0.2) is 22.5 Å². The Hall–Kier alpha value is -3.32. The number of hydrogen-bond donors (Lipinski definition) is 0. The molecule has 0 fully saturated rings. The quantitative estimate of drug-likeness (QED) is 0.421. The first-order chi connectivity index (χ1) is 14.6. The number of para-hydroxylation sites is 1. The first-order valence-corrected chi connectivity index (χ1v) is 10.4. The Morgan fingerprint density at radius 1 is 1.07 bits per heavy atom. The topological polar surface area (TPSA) is 55.3 Å². The average Bonchev–Trinajstić information content (AvgIpc) is 3.19. The van der Waals surface area contributed by atoms with E-state index in [1.54, 1.807) is 29.4 Å². The van der Waals surface area contributed by atoms with Gasteiger partial charge in [0.1, 0.15) is 17.1 Å². The number of carbonyl (C=O) groups is 1. The Morgan fingerprint density at radius 2 is 1.83 bits per heavy atom. The fraction of sp³-hybridized carbons (Fsp3) is 0.174. The van der Waals surface area contributed by atoms with Gasteiger partial charge in [-0.25, -0.2) is 9.37 Å². The summed E-state index contributed by atoms with van der Waals surface area (Å²) in [6.45, 7) is 2.83. The van der Waals surface area contributed by atoms with Crippen molar-refractivity contribution in [1.29, 1.82) is 0 Å². The Morgan fingerprint density at radius 3 is 2.57 bits per heavy atom. The molecule has 2 aromatic carbocycles. The Labute approximate surface area is 177 Å². The van der Waals surface area contributed by atoms with Crippen LogP contribution in [0.2, 0.25) is 0 Å². The van der Waals surface area contributed by atoms with Crippen LogP contribution in [0.5, 0.6) is 5.75 Å². The van der Waals surface area contributed by atoms with Crippen LogP contribution < -0.4 is 9.64 Å². The van der Waals surface area contributed by atoms with Crippen LogP contribution in [0.15, 0.2) is 67.0 Å². The van der Waals surface area contributed by atoms with Crippen molar-refractivity contribution in [3.05, 3.63) is 83.9 Å². The zero-order valence-corrected chi connectivity index (χ0v) is 17.2. The van der Waals surface area contributed by atoms with Gasteiger partial charge in [0.15, 0.2) is 5.13 Å². The molecule has 0 unspecified atom stereocenters. The summed E-state index contributed by atoms with van der Waals surface area (Å²) in [6.07, 6.45) is 3.55. The van der Waals surface area contributed by atoms with Crippen molar-refractivity contribution >= 4 is 32.6 Å². The number of halogens is 1. The number of nitrogens with zero attached hydrogens (tertiary/aromatic N) is 3. The van der Waals surface area contributed by atoms with E-state index >= 15 is 0 Å². The van der Waals surface area contributed by atoms with E-state index in [-0.39, 0.29) is 18.1 Å². The third kappa shape index (κ3) is 4.46. The molecule has 2 aromatic heterocycles. The maximum atomic E-state index is 13.2. The standard InChI is InChI=1S/C23H20FN3O2S/c1-2-29-19-4-3-5-20-22(19)26-23(30-20)27(15-17-10-12-25-13-11-17)21(28)14-16-6-8-18(24)9-7-16/h3-13H,2,14-15H2,1H3. The molecule has 0 aliphatic rings. The van der Waals surface area contributed by atoms with Crippen molar-refractivity contribution < 1.29 is 13.9 Å². The molecule has 152 valence electrons. The van der Waals surface area contributed by atoms with E-state index in [0.717, 1.165) is 21.3 Å². The van der Waals surface area contributed by atoms with Gasteiger partial charge >= 0.3 is 0 Å². The van der Waals surface area contributed by atoms with Crippen molar-refractivity contribution in [2.45, 2.75) is 19.9 Å². The number of fused-ring (bicyclic) bond motifs is 1. The summed E-state index contributed by atoms with van der Waals surface area (Å²) in [6, 6.07) is 15.5. The highest BCUT2D eigenvalue weighted by Crippen LogP contribution is 2.35. The summed E-state index contributed by atoms with van der Waals surface area (Å²) in [5.41, 5.74) is 2.44. The summed E-state index contributed by atoms with van der Waals surface area (Å²) in [7, 11) is 0. The van der Waals surface area contributed by atoms with Gasteiger partial charge in [-0.1, -0.05) is 29.5 Å². The van der Waals surface area contributed by atoms with Gasteiger partial charge in [-0.3, -0.25) is 14.7 Å². The summed E-state index contributed by atoms with van der Waals surface area (Å²) in [5.74, 6) is 0.261. The van der Waals surface area contributed by atoms with Crippen molar-refractivity contribution in [2.24, 2.45) is 0 Å². The fourth-order valence-electron chi connectivity index (χ4n) is 3.10. The van der Waals surface area contributed by atoms with Gasteiger partial charge < -0.3 is 4.74 Å². The van der Waals surface area contributed by atoms with Gasteiger partial charge in [-0.15, -0.1) is 0 Å². The summed E-state index contributed by atoms with van der Waals surface area (Å²) in [4.78, 5) is 23.7. The van der Waals surface area contributed by atoms with E-state index in [4.69, 9.17) is 9.72 Å². The molecule has 4 rings (SSSR count). The number of pyridine rings is 1. The Kier molecular flexibility index (Phi) is 5.99. The highest BCUT2D eigenvalue weighted by atomic mass is 32.1. The number of carbonyl (C=O) groups excluding carboxylic acids is 1. The molecule has 0 aliphatic heterocycles. The van der Waals surface area contributed by atoms with E-state index in [1.807, 2.05) is 37.3 Å². The molecular weight excluding hydrogens is 401 g/mol. The van der Waals surface area contributed by atoms with Crippen molar-refractivity contribution in [1.82, 2.24) is 9.97 Å². The van der Waals surface area contributed by atoms with Gasteiger partial charge in [0.25, 0.3) is 0 Å². The summed E-state index contributed by atoms with van der Waals surface area (Å²) < 4.78 is 19.9. The second-order valence-electron chi connectivity index (χ2n) is 6.67. The molecule has 0 saturated heterocycles. The first kappa shape index (κ1) is 20.0. The fourth-order valence-corrected chi connectivity index (χ4v) is 4.10. The molecule has 2 heterocycles. The lowest BCUT2D eigenvalue weighted by atomic mass is 10.1. The predicted octanol–water partition coefficient (Wildman–Crippen LogP) is 5.01. The molecule has 1 amide bonds. The third-order valence-corrected chi connectivity index (χ3v) is 5.60. The second kappa shape index (κ2) is 9.00. The predicted molar refractivity (Wildman–Crippen MR) is 116 cm³/mol. The molecule has 0 N–H and O–H groups in total. The number of aromatic nitrogens is 2. The number of hydrogen-bond acceptors (Lipinski definition) is 5. The largest absolute Gasteiger partial charge is 0.492 e. The zero-order chi connectivity index (χ0) is 20.9. The van der Waals surface area contributed by atoms with Crippen LogP contribution in [0.3, 0.4) is 0 Å². The molecule has 30 heavy (non-hydrogen) atoms. The van der Waals surface area contributed by atoms with Crippen molar-refractivity contribution in [3.63, 3.8) is 0 Å². The van der Waals surface area contributed by atoms with E-state index in [9.17, 15) is 9.18 Å². The zero-order valence-electron chi connectivity index (χ0n) is 16.4. The lowest BCUT2D eigenvalue weighted by Gasteiger charge is -2.20. The average molecular weight is 421 g/mol. The highest BCUT2D eigenvalue weighted by Gasteiger charge is 2.21. The smallest absolute Gasteiger partial charge is 0.233 e. The minimum absolute atomic E-state index is 0.115. The molecule has 0 spiro atoms. The third-order valence-electron chi connectivity index (χ3n) is 4.56. The van der Waals surface area contributed by atoms with Gasteiger partial charge in [-0.2, -0.15) is 0 Å². The molecule has 0 atom stereocenters. The summed E-state index contributed by atoms with van der Waals surface area (Å²) >= 11 is 1.44. The number of ether oxygens (including phenoxy) is 1. The maximum Gasteiger partial charge on any atom is 0.233 e. The van der Waals surface area contributed by atoms with Crippen LogP contribution >= 0.6 is 11.3 Å². The number of thiazole rings is 1. The normalized spacial score (nSPS) is 10.9. The van der Waals surface area contributed by atoms with E-state index in [1.165, 1.54) is 23.5 Å².